The summed E-state index contributed by atoms with van der Waals surface area (Å²) in [6.07, 6.45) is 0. The van der Waals surface area contributed by atoms with Gasteiger partial charge in [-0.3, -0.25) is 4.79 Å². The van der Waals surface area contributed by atoms with Crippen molar-refractivity contribution < 1.29 is 4.79 Å². The van der Waals surface area contributed by atoms with Crippen LogP contribution in [0, 0.1) is 27.7 Å². The van der Waals surface area contributed by atoms with Crippen molar-refractivity contribution >= 4 is 16.9 Å². The van der Waals surface area contributed by atoms with Crippen molar-refractivity contribution in [3.05, 3.63) is 64.0 Å². The molecule has 3 aromatic rings. The Bertz CT molecular complexity index is 927. The summed E-state index contributed by atoms with van der Waals surface area (Å²) >= 11 is 0. The lowest BCUT2D eigenvalue weighted by molar-refractivity contribution is -0.119. The van der Waals surface area contributed by atoms with E-state index in [2.05, 4.69) is 49.7 Å². The Hall–Kier alpha value is -2.62. The van der Waals surface area contributed by atoms with Crippen molar-refractivity contribution in [3.8, 4) is 0 Å². The molecule has 4 nitrogen and oxygen atoms in total. The third-order valence-electron chi connectivity index (χ3n) is 5.07. The van der Waals surface area contributed by atoms with E-state index in [-0.39, 0.29) is 5.91 Å². The summed E-state index contributed by atoms with van der Waals surface area (Å²) in [6, 6.07) is 10.4. The SMILES string of the molecule is CC(=O)NCc1nc2ccccc2n1Cc1c(C)c(C)cc(C)c1C. The van der Waals surface area contributed by atoms with Gasteiger partial charge < -0.3 is 9.88 Å². The Labute approximate surface area is 148 Å². The van der Waals surface area contributed by atoms with Gasteiger partial charge in [0.1, 0.15) is 5.82 Å². The molecule has 1 N–H and O–H groups in total. The van der Waals surface area contributed by atoms with Crippen LogP contribution >= 0.6 is 0 Å². The molecule has 1 amide bonds. The van der Waals surface area contributed by atoms with Crippen molar-refractivity contribution in [2.75, 3.05) is 0 Å². The molecule has 0 saturated heterocycles. The van der Waals surface area contributed by atoms with Gasteiger partial charge in [0.05, 0.1) is 17.6 Å². The molecule has 25 heavy (non-hydrogen) atoms. The van der Waals surface area contributed by atoms with Gasteiger partial charge in [0.15, 0.2) is 0 Å². The molecule has 4 heteroatoms. The second kappa shape index (κ2) is 6.71. The van der Waals surface area contributed by atoms with Crippen LogP contribution in [0.5, 0.6) is 0 Å². The number of benzene rings is 2. The first-order chi connectivity index (χ1) is 11.9. The number of fused-ring (bicyclic) bond motifs is 1. The zero-order valence-electron chi connectivity index (χ0n) is 15.6. The number of aryl methyl sites for hydroxylation is 2. The zero-order chi connectivity index (χ0) is 18.1. The largest absolute Gasteiger partial charge is 0.349 e. The van der Waals surface area contributed by atoms with Gasteiger partial charge in [-0.15, -0.1) is 0 Å². The fourth-order valence-electron chi connectivity index (χ4n) is 3.33. The number of para-hydroxylation sites is 2. The molecular formula is C21H25N3O. The lowest BCUT2D eigenvalue weighted by Gasteiger charge is -2.18. The molecule has 1 heterocycles. The molecule has 0 aliphatic heterocycles. The molecule has 2 aromatic carbocycles. The van der Waals surface area contributed by atoms with Crippen molar-refractivity contribution in [3.63, 3.8) is 0 Å². The van der Waals surface area contributed by atoms with Crippen LogP contribution < -0.4 is 5.32 Å². The van der Waals surface area contributed by atoms with Gasteiger partial charge in [-0.05, 0) is 67.6 Å². The molecule has 0 saturated carbocycles. The van der Waals surface area contributed by atoms with E-state index in [4.69, 9.17) is 4.98 Å². The van der Waals surface area contributed by atoms with E-state index < -0.39 is 0 Å². The number of nitrogens with one attached hydrogen (secondary N) is 1. The number of imidazole rings is 1. The first kappa shape index (κ1) is 17.2. The van der Waals surface area contributed by atoms with E-state index in [1.807, 2.05) is 18.2 Å². The molecule has 0 bridgehead atoms. The smallest absolute Gasteiger partial charge is 0.217 e. The minimum absolute atomic E-state index is 0.0441. The Morgan fingerprint density at radius 1 is 1.08 bits per heavy atom. The number of amides is 1. The summed E-state index contributed by atoms with van der Waals surface area (Å²) in [5, 5.41) is 2.88. The third-order valence-corrected chi connectivity index (χ3v) is 5.07. The van der Waals surface area contributed by atoms with Gasteiger partial charge in [0.25, 0.3) is 0 Å². The summed E-state index contributed by atoms with van der Waals surface area (Å²) in [4.78, 5) is 16.1. The average Bonchev–Trinajstić information content (AvgIpc) is 2.92. The van der Waals surface area contributed by atoms with Crippen molar-refractivity contribution in [2.45, 2.75) is 47.7 Å². The maximum atomic E-state index is 11.4. The molecule has 0 aliphatic rings. The van der Waals surface area contributed by atoms with Gasteiger partial charge in [-0.1, -0.05) is 18.2 Å². The monoisotopic (exact) mass is 335 g/mol. The predicted molar refractivity (Wildman–Crippen MR) is 102 cm³/mol. The van der Waals surface area contributed by atoms with E-state index in [0.717, 1.165) is 23.4 Å². The second-order valence-corrected chi connectivity index (χ2v) is 6.75. The number of carbonyl (C=O) groups is 1. The Kier molecular flexibility index (Phi) is 4.62. The highest BCUT2D eigenvalue weighted by molar-refractivity contribution is 5.76. The lowest BCUT2D eigenvalue weighted by atomic mass is 9.94. The molecule has 0 unspecified atom stereocenters. The van der Waals surface area contributed by atoms with Gasteiger partial charge in [0.2, 0.25) is 5.91 Å². The summed E-state index contributed by atoms with van der Waals surface area (Å²) in [7, 11) is 0. The van der Waals surface area contributed by atoms with E-state index in [0.29, 0.717) is 6.54 Å². The first-order valence-electron chi connectivity index (χ1n) is 8.63. The van der Waals surface area contributed by atoms with E-state index in [1.54, 1.807) is 0 Å². The van der Waals surface area contributed by atoms with Crippen molar-refractivity contribution in [1.29, 1.82) is 0 Å². The molecule has 0 spiro atoms. The minimum Gasteiger partial charge on any atom is -0.349 e. The second-order valence-electron chi connectivity index (χ2n) is 6.75. The van der Waals surface area contributed by atoms with E-state index in [9.17, 15) is 4.79 Å². The average molecular weight is 335 g/mol. The fraction of sp³-hybridized carbons (Fsp3) is 0.333. The van der Waals surface area contributed by atoms with E-state index in [1.165, 1.54) is 34.7 Å². The Morgan fingerprint density at radius 2 is 1.72 bits per heavy atom. The molecule has 3 rings (SSSR count). The van der Waals surface area contributed by atoms with Crippen LogP contribution in [0.1, 0.15) is 40.6 Å². The van der Waals surface area contributed by atoms with E-state index >= 15 is 0 Å². The molecule has 0 fully saturated rings. The van der Waals surface area contributed by atoms with Gasteiger partial charge in [-0.2, -0.15) is 0 Å². The lowest BCUT2D eigenvalue weighted by Crippen LogP contribution is -2.22. The summed E-state index contributed by atoms with van der Waals surface area (Å²) < 4.78 is 2.22. The van der Waals surface area contributed by atoms with Crippen LogP contribution in [0.15, 0.2) is 30.3 Å². The van der Waals surface area contributed by atoms with Gasteiger partial charge in [0, 0.05) is 13.5 Å². The van der Waals surface area contributed by atoms with Crippen LogP contribution in [-0.4, -0.2) is 15.5 Å². The van der Waals surface area contributed by atoms with Crippen LogP contribution in [0.25, 0.3) is 11.0 Å². The normalized spacial score (nSPS) is 11.1. The molecule has 0 aliphatic carbocycles. The highest BCUT2D eigenvalue weighted by Gasteiger charge is 2.15. The molecule has 130 valence electrons. The number of hydrogen-bond acceptors (Lipinski definition) is 2. The maximum absolute atomic E-state index is 11.4. The standard InChI is InChI=1S/C21H25N3O/c1-13-10-14(2)16(4)18(15(13)3)12-24-20-9-7-6-8-19(20)23-21(24)11-22-17(5)25/h6-10H,11-12H2,1-5H3,(H,22,25). The Morgan fingerprint density at radius 3 is 2.36 bits per heavy atom. The zero-order valence-corrected chi connectivity index (χ0v) is 15.6. The number of rotatable bonds is 4. The van der Waals surface area contributed by atoms with Gasteiger partial charge >= 0.3 is 0 Å². The van der Waals surface area contributed by atoms with Crippen LogP contribution in [0.2, 0.25) is 0 Å². The number of hydrogen-bond donors (Lipinski definition) is 1. The Balaban J connectivity index is 2.12. The molecule has 0 atom stereocenters. The molecular weight excluding hydrogens is 310 g/mol. The van der Waals surface area contributed by atoms with Crippen molar-refractivity contribution in [2.24, 2.45) is 0 Å². The van der Waals surface area contributed by atoms with Gasteiger partial charge in [-0.25, -0.2) is 4.98 Å². The summed E-state index contributed by atoms with van der Waals surface area (Å²) in [5.74, 6) is 0.840. The quantitative estimate of drug-likeness (QED) is 0.784. The van der Waals surface area contributed by atoms with Crippen LogP contribution in [0.4, 0.5) is 0 Å². The number of carbonyl (C=O) groups excluding carboxylic acids is 1. The van der Waals surface area contributed by atoms with Crippen LogP contribution in [0.3, 0.4) is 0 Å². The third kappa shape index (κ3) is 3.29. The number of nitrogens with zero attached hydrogens (tertiary/aromatic N) is 2. The van der Waals surface area contributed by atoms with Crippen LogP contribution in [-0.2, 0) is 17.9 Å². The van der Waals surface area contributed by atoms with Crippen molar-refractivity contribution in [1.82, 2.24) is 14.9 Å². The highest BCUT2D eigenvalue weighted by Crippen LogP contribution is 2.25. The molecule has 0 radical (unpaired) electrons. The first-order valence-corrected chi connectivity index (χ1v) is 8.63. The highest BCUT2D eigenvalue weighted by atomic mass is 16.1. The number of aromatic nitrogens is 2. The molecule has 1 aromatic heterocycles. The maximum Gasteiger partial charge on any atom is 0.217 e. The summed E-state index contributed by atoms with van der Waals surface area (Å²) in [6.45, 7) is 11.4. The predicted octanol–water partition coefficient (Wildman–Crippen LogP) is 3.95. The fourth-order valence-corrected chi connectivity index (χ4v) is 3.33. The summed E-state index contributed by atoms with van der Waals surface area (Å²) in [5.41, 5.74) is 8.67. The minimum atomic E-state index is -0.0441. The topological polar surface area (TPSA) is 46.9 Å².